The van der Waals surface area contributed by atoms with Gasteiger partial charge in [-0.2, -0.15) is 0 Å². The minimum atomic E-state index is -0.387. The minimum Gasteiger partial charge on any atom is -0.507 e. The molecule has 2 aromatic rings. The molecule has 1 aromatic carbocycles. The second-order valence-electron chi connectivity index (χ2n) is 3.33. The average Bonchev–Trinajstić information content (AvgIpc) is 2.77. The standard InChI is InChI=1S/C11H11N3O2S/c1-2-9-13-14-11(17-9)12-10(16)7-5-3-4-6-8(7)15/h3-6,15H,2H2,1H3,(H,12,14,16). The molecule has 0 spiro atoms. The molecule has 0 fully saturated rings. The Bertz CT molecular complexity index is 539. The summed E-state index contributed by atoms with van der Waals surface area (Å²) >= 11 is 1.33. The summed E-state index contributed by atoms with van der Waals surface area (Å²) in [6.07, 6.45) is 0.782. The number of phenols is 1. The Balaban J connectivity index is 2.14. The SMILES string of the molecule is CCc1nnc(NC(=O)c2ccccc2O)s1. The van der Waals surface area contributed by atoms with Gasteiger partial charge in [0.25, 0.3) is 5.91 Å². The van der Waals surface area contributed by atoms with Gasteiger partial charge in [0, 0.05) is 0 Å². The number of hydrogen-bond donors (Lipinski definition) is 2. The lowest BCUT2D eigenvalue weighted by atomic mass is 10.2. The number of rotatable bonds is 3. The molecule has 0 aliphatic carbocycles. The predicted octanol–water partition coefficient (Wildman–Crippen LogP) is 2.06. The number of aromatic nitrogens is 2. The number of aromatic hydroxyl groups is 1. The zero-order valence-corrected chi connectivity index (χ0v) is 9.99. The molecule has 0 atom stereocenters. The first-order valence-electron chi connectivity index (χ1n) is 5.12. The highest BCUT2D eigenvalue weighted by Crippen LogP contribution is 2.20. The van der Waals surface area contributed by atoms with Crippen molar-refractivity contribution in [1.82, 2.24) is 10.2 Å². The normalized spacial score (nSPS) is 10.2. The summed E-state index contributed by atoms with van der Waals surface area (Å²) in [5.41, 5.74) is 0.223. The third-order valence-electron chi connectivity index (χ3n) is 2.14. The summed E-state index contributed by atoms with van der Waals surface area (Å²) in [5, 5.41) is 21.1. The van der Waals surface area contributed by atoms with Crippen molar-refractivity contribution in [1.29, 1.82) is 0 Å². The van der Waals surface area contributed by atoms with Crippen LogP contribution in [0.4, 0.5) is 5.13 Å². The molecule has 88 valence electrons. The van der Waals surface area contributed by atoms with Crippen molar-refractivity contribution in [3.05, 3.63) is 34.8 Å². The van der Waals surface area contributed by atoms with Crippen LogP contribution in [0.1, 0.15) is 22.3 Å². The predicted molar refractivity (Wildman–Crippen MR) is 65.3 cm³/mol. The van der Waals surface area contributed by atoms with E-state index in [0.717, 1.165) is 11.4 Å². The van der Waals surface area contributed by atoms with Gasteiger partial charge in [-0.3, -0.25) is 10.1 Å². The molecular formula is C11H11N3O2S. The number of carbonyl (C=O) groups excluding carboxylic acids is 1. The van der Waals surface area contributed by atoms with Crippen LogP contribution in [-0.4, -0.2) is 21.2 Å². The lowest BCUT2D eigenvalue weighted by Crippen LogP contribution is -2.11. The Morgan fingerprint density at radius 3 is 2.82 bits per heavy atom. The zero-order valence-electron chi connectivity index (χ0n) is 9.17. The number of amides is 1. The number of carbonyl (C=O) groups is 1. The van der Waals surface area contributed by atoms with Crippen molar-refractivity contribution in [3.8, 4) is 5.75 Å². The fourth-order valence-corrected chi connectivity index (χ4v) is 1.95. The Labute approximate surface area is 102 Å². The number of benzene rings is 1. The molecule has 0 saturated carbocycles. The Morgan fingerprint density at radius 1 is 1.41 bits per heavy atom. The van der Waals surface area contributed by atoms with E-state index < -0.39 is 0 Å². The van der Waals surface area contributed by atoms with E-state index >= 15 is 0 Å². The third kappa shape index (κ3) is 2.59. The average molecular weight is 249 g/mol. The van der Waals surface area contributed by atoms with E-state index in [2.05, 4.69) is 15.5 Å². The van der Waals surface area contributed by atoms with Crippen molar-refractivity contribution in [2.75, 3.05) is 5.32 Å². The molecule has 0 bridgehead atoms. The van der Waals surface area contributed by atoms with Gasteiger partial charge in [0.05, 0.1) is 5.56 Å². The number of phenolic OH excluding ortho intramolecular Hbond substituents is 1. The summed E-state index contributed by atoms with van der Waals surface area (Å²) < 4.78 is 0. The first kappa shape index (κ1) is 11.5. The van der Waals surface area contributed by atoms with Crippen molar-refractivity contribution >= 4 is 22.4 Å². The van der Waals surface area contributed by atoms with E-state index in [1.165, 1.54) is 17.4 Å². The van der Waals surface area contributed by atoms with Crippen LogP contribution in [0.15, 0.2) is 24.3 Å². The summed E-state index contributed by atoms with van der Waals surface area (Å²) in [7, 11) is 0. The van der Waals surface area contributed by atoms with Crippen LogP contribution in [0.2, 0.25) is 0 Å². The molecule has 1 heterocycles. The highest BCUT2D eigenvalue weighted by atomic mass is 32.1. The van der Waals surface area contributed by atoms with Gasteiger partial charge in [0.1, 0.15) is 10.8 Å². The van der Waals surface area contributed by atoms with E-state index in [1.54, 1.807) is 18.2 Å². The van der Waals surface area contributed by atoms with Crippen LogP contribution in [0, 0.1) is 0 Å². The highest BCUT2D eigenvalue weighted by Gasteiger charge is 2.12. The van der Waals surface area contributed by atoms with Crippen LogP contribution in [0.3, 0.4) is 0 Å². The van der Waals surface area contributed by atoms with E-state index in [-0.39, 0.29) is 17.2 Å². The number of aryl methyl sites for hydroxylation is 1. The van der Waals surface area contributed by atoms with Crippen molar-refractivity contribution in [3.63, 3.8) is 0 Å². The number of nitrogens with one attached hydrogen (secondary N) is 1. The number of hydrogen-bond acceptors (Lipinski definition) is 5. The quantitative estimate of drug-likeness (QED) is 0.873. The van der Waals surface area contributed by atoms with Crippen molar-refractivity contribution < 1.29 is 9.90 Å². The molecular weight excluding hydrogens is 238 g/mol. The molecule has 0 radical (unpaired) electrons. The van der Waals surface area contributed by atoms with Crippen LogP contribution in [-0.2, 0) is 6.42 Å². The monoisotopic (exact) mass is 249 g/mol. The molecule has 0 saturated heterocycles. The van der Waals surface area contributed by atoms with E-state index in [0.29, 0.717) is 5.13 Å². The maximum absolute atomic E-state index is 11.8. The smallest absolute Gasteiger partial charge is 0.261 e. The highest BCUT2D eigenvalue weighted by molar-refractivity contribution is 7.15. The summed E-state index contributed by atoms with van der Waals surface area (Å²) in [4.78, 5) is 11.8. The molecule has 6 heteroatoms. The molecule has 5 nitrogen and oxygen atoms in total. The second-order valence-corrected chi connectivity index (χ2v) is 4.39. The lowest BCUT2D eigenvalue weighted by Gasteiger charge is -2.02. The van der Waals surface area contributed by atoms with Gasteiger partial charge in [0.15, 0.2) is 0 Å². The summed E-state index contributed by atoms with van der Waals surface area (Å²) in [5.74, 6) is -0.438. The largest absolute Gasteiger partial charge is 0.507 e. The maximum Gasteiger partial charge on any atom is 0.261 e. The van der Waals surface area contributed by atoms with Crippen LogP contribution >= 0.6 is 11.3 Å². The summed E-state index contributed by atoms with van der Waals surface area (Å²) in [6.45, 7) is 1.97. The second kappa shape index (κ2) is 4.92. The van der Waals surface area contributed by atoms with Crippen molar-refractivity contribution in [2.24, 2.45) is 0 Å². The molecule has 0 unspecified atom stereocenters. The first-order chi connectivity index (χ1) is 8.20. The minimum absolute atomic E-state index is 0.0507. The summed E-state index contributed by atoms with van der Waals surface area (Å²) in [6, 6.07) is 6.36. The Hall–Kier alpha value is -1.95. The fourth-order valence-electron chi connectivity index (χ4n) is 1.28. The number of para-hydroxylation sites is 1. The zero-order chi connectivity index (χ0) is 12.3. The van der Waals surface area contributed by atoms with Gasteiger partial charge < -0.3 is 5.11 Å². The number of nitrogens with zero attached hydrogens (tertiary/aromatic N) is 2. The molecule has 1 aromatic heterocycles. The topological polar surface area (TPSA) is 75.1 Å². The number of anilines is 1. The Morgan fingerprint density at radius 2 is 2.18 bits per heavy atom. The van der Waals surface area contributed by atoms with E-state index in [1.807, 2.05) is 6.92 Å². The van der Waals surface area contributed by atoms with Gasteiger partial charge in [-0.25, -0.2) is 0 Å². The molecule has 2 rings (SSSR count). The molecule has 0 aliphatic rings. The van der Waals surface area contributed by atoms with Gasteiger partial charge in [-0.15, -0.1) is 10.2 Å². The first-order valence-corrected chi connectivity index (χ1v) is 5.94. The molecule has 0 aliphatic heterocycles. The Kier molecular flexibility index (Phi) is 3.34. The third-order valence-corrected chi connectivity index (χ3v) is 3.12. The van der Waals surface area contributed by atoms with Gasteiger partial charge in [-0.1, -0.05) is 30.4 Å². The van der Waals surface area contributed by atoms with Crippen LogP contribution in [0.5, 0.6) is 5.75 Å². The van der Waals surface area contributed by atoms with E-state index in [9.17, 15) is 9.90 Å². The van der Waals surface area contributed by atoms with Crippen LogP contribution < -0.4 is 5.32 Å². The molecule has 17 heavy (non-hydrogen) atoms. The van der Waals surface area contributed by atoms with Gasteiger partial charge in [0.2, 0.25) is 5.13 Å². The van der Waals surface area contributed by atoms with Gasteiger partial charge >= 0.3 is 0 Å². The lowest BCUT2D eigenvalue weighted by molar-refractivity contribution is 0.102. The fraction of sp³-hybridized carbons (Fsp3) is 0.182. The maximum atomic E-state index is 11.8. The molecule has 2 N–H and O–H groups in total. The van der Waals surface area contributed by atoms with Crippen molar-refractivity contribution in [2.45, 2.75) is 13.3 Å². The van der Waals surface area contributed by atoms with Gasteiger partial charge in [-0.05, 0) is 18.6 Å². The van der Waals surface area contributed by atoms with Crippen LogP contribution in [0.25, 0.3) is 0 Å². The van der Waals surface area contributed by atoms with E-state index in [4.69, 9.17) is 0 Å². The molecule has 1 amide bonds.